The predicted molar refractivity (Wildman–Crippen MR) is 187 cm³/mol. The Bertz CT molecular complexity index is 1940. The molecule has 0 aliphatic carbocycles. The SMILES string of the molecule is Cc1cccc(C)c1-c1cc2nc(n1)NS(=O)(=O)c1cccc(c1)C(=O)N(Cc1nccc(N(C)C3CCOC3)n1)[C@H](CC(C)(C)C)CO2. The average Bonchev–Trinajstić information content (AvgIpc) is 3.59. The van der Waals surface area contributed by atoms with Gasteiger partial charge < -0.3 is 19.3 Å². The number of benzene rings is 2. The number of nitrogens with zero attached hydrogens (tertiary/aromatic N) is 6. The van der Waals surface area contributed by atoms with Gasteiger partial charge in [-0.3, -0.25) is 4.79 Å². The van der Waals surface area contributed by atoms with Gasteiger partial charge in [-0.1, -0.05) is 45.0 Å². The lowest BCUT2D eigenvalue weighted by molar-refractivity contribution is 0.0505. The molecule has 49 heavy (non-hydrogen) atoms. The van der Waals surface area contributed by atoms with Crippen molar-refractivity contribution < 1.29 is 22.7 Å². The quantitative estimate of drug-likeness (QED) is 0.280. The number of carbonyl (C=O) groups excluding carboxylic acids is 1. The lowest BCUT2D eigenvalue weighted by Gasteiger charge is -2.35. The number of amides is 1. The zero-order valence-corrected chi connectivity index (χ0v) is 29.6. The molecule has 258 valence electrons. The van der Waals surface area contributed by atoms with Gasteiger partial charge in [0.15, 0.2) is 0 Å². The molecule has 1 amide bonds. The minimum Gasteiger partial charge on any atom is -0.475 e. The van der Waals surface area contributed by atoms with Crippen LogP contribution in [0.15, 0.2) is 65.7 Å². The smallest absolute Gasteiger partial charge is 0.264 e. The van der Waals surface area contributed by atoms with Crippen LogP contribution in [0, 0.1) is 19.3 Å². The molecule has 1 fully saturated rings. The van der Waals surface area contributed by atoms with Gasteiger partial charge in [0.2, 0.25) is 11.8 Å². The third kappa shape index (κ3) is 7.83. The molecule has 12 nitrogen and oxygen atoms in total. The zero-order chi connectivity index (χ0) is 34.9. The molecule has 2 aromatic carbocycles. The van der Waals surface area contributed by atoms with Crippen LogP contribution in [0.5, 0.6) is 5.88 Å². The number of hydrogen-bond acceptors (Lipinski definition) is 10. The molecule has 0 radical (unpaired) electrons. The molecule has 4 bridgehead atoms. The van der Waals surface area contributed by atoms with Gasteiger partial charge in [0, 0.05) is 37.0 Å². The normalized spacial score (nSPS) is 19.2. The highest BCUT2D eigenvalue weighted by atomic mass is 32.2. The van der Waals surface area contributed by atoms with Gasteiger partial charge in [0.05, 0.1) is 35.8 Å². The number of likely N-dealkylation sites (N-methyl/N-ethyl adjacent to an activating group) is 1. The third-order valence-electron chi connectivity index (χ3n) is 8.85. The van der Waals surface area contributed by atoms with E-state index in [1.54, 1.807) is 29.3 Å². The number of carbonyl (C=O) groups is 1. The summed E-state index contributed by atoms with van der Waals surface area (Å²) in [5.41, 5.74) is 3.32. The molecule has 13 heteroatoms. The Hall–Kier alpha value is -4.62. The van der Waals surface area contributed by atoms with Crippen LogP contribution >= 0.6 is 0 Å². The lowest BCUT2D eigenvalue weighted by atomic mass is 9.87. The van der Waals surface area contributed by atoms with Crippen molar-refractivity contribution in [2.24, 2.45) is 5.41 Å². The summed E-state index contributed by atoms with van der Waals surface area (Å²) in [6.45, 7) is 11.7. The highest BCUT2D eigenvalue weighted by Crippen LogP contribution is 2.32. The number of aryl methyl sites for hydroxylation is 2. The highest BCUT2D eigenvalue weighted by molar-refractivity contribution is 7.92. The Morgan fingerprint density at radius 3 is 2.47 bits per heavy atom. The van der Waals surface area contributed by atoms with Crippen LogP contribution < -0.4 is 14.4 Å². The first-order chi connectivity index (χ1) is 23.3. The summed E-state index contributed by atoms with van der Waals surface area (Å²) in [5, 5.41) is 0. The molecule has 6 rings (SSSR count). The Morgan fingerprint density at radius 1 is 1.00 bits per heavy atom. The number of nitrogens with one attached hydrogen (secondary N) is 1. The Labute approximate surface area is 288 Å². The zero-order valence-electron chi connectivity index (χ0n) is 28.8. The number of hydrogen-bond donors (Lipinski definition) is 1. The van der Waals surface area contributed by atoms with Gasteiger partial charge in [0.1, 0.15) is 18.2 Å². The second-order valence-corrected chi connectivity index (χ2v) is 15.6. The first-order valence-corrected chi connectivity index (χ1v) is 17.9. The molecular formula is C36H43N7O5S. The second kappa shape index (κ2) is 13.7. The Morgan fingerprint density at radius 2 is 1.76 bits per heavy atom. The van der Waals surface area contributed by atoms with E-state index < -0.39 is 16.1 Å². The summed E-state index contributed by atoms with van der Waals surface area (Å²) in [6.07, 6.45) is 3.16. The van der Waals surface area contributed by atoms with Crippen LogP contribution in [0.25, 0.3) is 11.3 Å². The van der Waals surface area contributed by atoms with Gasteiger partial charge >= 0.3 is 0 Å². The van der Waals surface area contributed by atoms with Crippen molar-refractivity contribution in [2.45, 2.75) is 71.0 Å². The summed E-state index contributed by atoms with van der Waals surface area (Å²) in [5.74, 6) is 0.870. The van der Waals surface area contributed by atoms with Crippen LogP contribution in [0.4, 0.5) is 11.8 Å². The molecule has 1 N–H and O–H groups in total. The third-order valence-corrected chi connectivity index (χ3v) is 10.2. The summed E-state index contributed by atoms with van der Waals surface area (Å²) in [4.78, 5) is 36.7. The second-order valence-electron chi connectivity index (χ2n) is 13.9. The van der Waals surface area contributed by atoms with E-state index in [-0.39, 0.29) is 52.8 Å². The van der Waals surface area contributed by atoms with E-state index in [1.807, 2.05) is 45.2 Å². The van der Waals surface area contributed by atoms with Crippen molar-refractivity contribution in [1.82, 2.24) is 24.8 Å². The van der Waals surface area contributed by atoms with Crippen molar-refractivity contribution in [3.63, 3.8) is 0 Å². The fourth-order valence-corrected chi connectivity index (χ4v) is 7.36. The number of aromatic nitrogens is 4. The summed E-state index contributed by atoms with van der Waals surface area (Å²) in [7, 11) is -2.20. The van der Waals surface area contributed by atoms with Crippen molar-refractivity contribution in [1.29, 1.82) is 0 Å². The summed E-state index contributed by atoms with van der Waals surface area (Å²) < 4.78 is 41.9. The predicted octanol–water partition coefficient (Wildman–Crippen LogP) is 5.42. The van der Waals surface area contributed by atoms with E-state index in [1.165, 1.54) is 12.1 Å². The topological polar surface area (TPSA) is 140 Å². The number of ether oxygens (including phenoxy) is 2. The minimum atomic E-state index is -4.19. The van der Waals surface area contributed by atoms with Crippen LogP contribution in [0.2, 0.25) is 0 Å². The van der Waals surface area contributed by atoms with E-state index in [9.17, 15) is 13.2 Å². The molecule has 1 unspecified atom stereocenters. The number of rotatable bonds is 6. The molecule has 0 spiro atoms. The van der Waals surface area contributed by atoms with Gasteiger partial charge in [-0.25, -0.2) is 28.1 Å². The van der Waals surface area contributed by atoms with Crippen molar-refractivity contribution >= 4 is 27.7 Å². The van der Waals surface area contributed by atoms with Crippen LogP contribution in [0.3, 0.4) is 0 Å². The summed E-state index contributed by atoms with van der Waals surface area (Å²) >= 11 is 0. The van der Waals surface area contributed by atoms with E-state index in [0.717, 1.165) is 28.9 Å². The molecule has 1 saturated heterocycles. The molecule has 2 aliphatic heterocycles. The van der Waals surface area contributed by atoms with E-state index >= 15 is 0 Å². The monoisotopic (exact) mass is 685 g/mol. The highest BCUT2D eigenvalue weighted by Gasteiger charge is 2.32. The molecule has 2 aromatic heterocycles. The van der Waals surface area contributed by atoms with Crippen molar-refractivity contribution in [3.05, 3.63) is 83.3 Å². The largest absolute Gasteiger partial charge is 0.475 e. The summed E-state index contributed by atoms with van der Waals surface area (Å²) in [6, 6.07) is 15.2. The van der Waals surface area contributed by atoms with Crippen molar-refractivity contribution in [3.8, 4) is 17.1 Å². The van der Waals surface area contributed by atoms with E-state index in [0.29, 0.717) is 31.2 Å². The molecule has 4 aromatic rings. The molecule has 2 aliphatic rings. The first-order valence-electron chi connectivity index (χ1n) is 16.4. The maximum absolute atomic E-state index is 14.5. The number of anilines is 2. The van der Waals surface area contributed by atoms with Gasteiger partial charge in [0.25, 0.3) is 15.9 Å². The molecule has 2 atom stereocenters. The number of sulfonamides is 1. The van der Waals surface area contributed by atoms with Crippen LogP contribution in [-0.4, -0.2) is 78.1 Å². The lowest BCUT2D eigenvalue weighted by Crippen LogP contribution is -2.45. The Kier molecular flexibility index (Phi) is 9.58. The first kappa shape index (κ1) is 34.3. The Balaban J connectivity index is 1.45. The molecule has 0 saturated carbocycles. The van der Waals surface area contributed by atoms with E-state index in [4.69, 9.17) is 14.5 Å². The fourth-order valence-electron chi connectivity index (χ4n) is 6.37. The molecule has 4 heterocycles. The van der Waals surface area contributed by atoms with Crippen LogP contribution in [0.1, 0.15) is 60.9 Å². The van der Waals surface area contributed by atoms with Gasteiger partial charge in [-0.15, -0.1) is 0 Å². The number of fused-ring (bicyclic) bond motifs is 4. The maximum Gasteiger partial charge on any atom is 0.264 e. The van der Waals surface area contributed by atoms with E-state index in [2.05, 4.69) is 45.3 Å². The standard InChI is InChI=1S/C36H43N7O5S/c1-23-9-7-10-24(2)33(23)29-18-32-40-35(38-29)41-49(45,46)28-12-8-11-25(17-28)34(44)43(27(22-48-32)19-36(3,4)5)20-30-37-15-13-31(39-30)42(6)26-14-16-47-21-26/h7-13,15,17-18,26-27H,14,16,19-22H2,1-6H3,(H,38,40,41)/t26?,27-/m1/s1. The maximum atomic E-state index is 14.5. The average molecular weight is 686 g/mol. The minimum absolute atomic E-state index is 0.0731. The molecular weight excluding hydrogens is 643 g/mol. The fraction of sp³-hybridized carbons (Fsp3) is 0.417. The van der Waals surface area contributed by atoms with Crippen LogP contribution in [-0.2, 0) is 21.3 Å². The van der Waals surface area contributed by atoms with Gasteiger partial charge in [-0.2, -0.15) is 4.98 Å². The van der Waals surface area contributed by atoms with Crippen molar-refractivity contribution in [2.75, 3.05) is 36.5 Å². The van der Waals surface area contributed by atoms with Gasteiger partial charge in [-0.05, 0) is 67.5 Å².